The highest BCUT2D eigenvalue weighted by molar-refractivity contribution is 6.01. The number of methoxy groups -OCH3 is 1. The van der Waals surface area contributed by atoms with E-state index in [9.17, 15) is 5.11 Å². The summed E-state index contributed by atoms with van der Waals surface area (Å²) in [6.45, 7) is 1.85. The Morgan fingerprint density at radius 1 is 1.03 bits per heavy atom. The predicted molar refractivity (Wildman–Crippen MR) is 122 cm³/mol. The monoisotopic (exact) mass is 416 g/mol. The van der Waals surface area contributed by atoms with Gasteiger partial charge in [0, 0.05) is 26.1 Å². The average molecular weight is 417 g/mol. The first-order chi connectivity index (χ1) is 15.2. The molecule has 1 aliphatic heterocycles. The van der Waals surface area contributed by atoms with Crippen LogP contribution in [0, 0.1) is 0 Å². The summed E-state index contributed by atoms with van der Waals surface area (Å²) < 4.78 is 5.37. The number of aliphatic hydroxyl groups is 1. The van der Waals surface area contributed by atoms with E-state index in [1.54, 1.807) is 7.11 Å². The second kappa shape index (κ2) is 10.2. The number of rotatable bonds is 9. The minimum absolute atomic E-state index is 0.0520. The lowest BCUT2D eigenvalue weighted by Gasteiger charge is -2.27. The molecule has 1 N–H and O–H groups in total. The molecular formula is C26H28N2O3. The SMILES string of the molecule is COc1cccc(CN(CC2CC(c3ccccc3)=NO2)CC(O)c2ccccc2)c1. The maximum absolute atomic E-state index is 10.8. The van der Waals surface area contributed by atoms with Crippen molar-refractivity contribution in [1.29, 1.82) is 0 Å². The molecule has 0 amide bonds. The Balaban J connectivity index is 1.45. The van der Waals surface area contributed by atoms with Crippen molar-refractivity contribution in [3.8, 4) is 5.75 Å². The fourth-order valence-electron chi connectivity index (χ4n) is 3.87. The Labute approximate surface area is 183 Å². The van der Waals surface area contributed by atoms with Crippen LogP contribution in [0.3, 0.4) is 0 Å². The Kier molecular flexibility index (Phi) is 6.97. The first kappa shape index (κ1) is 21.1. The van der Waals surface area contributed by atoms with Crippen LogP contribution in [0.15, 0.2) is 90.1 Å². The van der Waals surface area contributed by atoms with Gasteiger partial charge in [-0.25, -0.2) is 0 Å². The second-order valence-electron chi connectivity index (χ2n) is 7.81. The van der Waals surface area contributed by atoms with E-state index in [2.05, 4.69) is 28.3 Å². The van der Waals surface area contributed by atoms with Crippen LogP contribution >= 0.6 is 0 Å². The fraction of sp³-hybridized carbons (Fsp3) is 0.269. The molecule has 0 saturated carbocycles. The number of oxime groups is 1. The van der Waals surface area contributed by atoms with E-state index in [4.69, 9.17) is 9.57 Å². The first-order valence-corrected chi connectivity index (χ1v) is 10.6. The summed E-state index contributed by atoms with van der Waals surface area (Å²) in [6.07, 6.45) is 0.117. The topological polar surface area (TPSA) is 54.3 Å². The zero-order chi connectivity index (χ0) is 21.5. The molecule has 2 atom stereocenters. The molecule has 31 heavy (non-hydrogen) atoms. The summed E-state index contributed by atoms with van der Waals surface area (Å²) >= 11 is 0. The van der Waals surface area contributed by atoms with Gasteiger partial charge in [-0.1, -0.05) is 78.0 Å². The fourth-order valence-corrected chi connectivity index (χ4v) is 3.87. The molecule has 5 nitrogen and oxygen atoms in total. The number of nitrogens with zero attached hydrogens (tertiary/aromatic N) is 2. The van der Waals surface area contributed by atoms with Crippen LogP contribution in [-0.2, 0) is 11.4 Å². The van der Waals surface area contributed by atoms with Crippen LogP contribution in [0.5, 0.6) is 5.75 Å². The molecule has 4 rings (SSSR count). The summed E-state index contributed by atoms with van der Waals surface area (Å²) in [5, 5.41) is 15.2. The van der Waals surface area contributed by atoms with Crippen molar-refractivity contribution < 1.29 is 14.7 Å². The second-order valence-corrected chi connectivity index (χ2v) is 7.81. The normalized spacial score (nSPS) is 16.6. The Hall–Kier alpha value is -3.15. The molecule has 0 aromatic heterocycles. The maximum Gasteiger partial charge on any atom is 0.145 e. The Morgan fingerprint density at radius 2 is 1.77 bits per heavy atom. The van der Waals surface area contributed by atoms with Crippen LogP contribution in [-0.4, -0.2) is 42.0 Å². The summed E-state index contributed by atoms with van der Waals surface area (Å²) in [7, 11) is 1.67. The third-order valence-electron chi connectivity index (χ3n) is 5.46. The molecular weight excluding hydrogens is 388 g/mol. The van der Waals surface area contributed by atoms with Crippen LogP contribution in [0.2, 0.25) is 0 Å². The number of hydrogen-bond donors (Lipinski definition) is 1. The molecule has 0 radical (unpaired) electrons. The van der Waals surface area contributed by atoms with E-state index in [-0.39, 0.29) is 6.10 Å². The van der Waals surface area contributed by atoms with Crippen molar-refractivity contribution in [3.05, 3.63) is 102 Å². The van der Waals surface area contributed by atoms with Gasteiger partial charge in [0.15, 0.2) is 0 Å². The van der Waals surface area contributed by atoms with Gasteiger partial charge in [-0.15, -0.1) is 0 Å². The van der Waals surface area contributed by atoms with Gasteiger partial charge in [0.1, 0.15) is 11.9 Å². The molecule has 1 heterocycles. The van der Waals surface area contributed by atoms with Crippen LogP contribution in [0.25, 0.3) is 0 Å². The first-order valence-electron chi connectivity index (χ1n) is 10.6. The molecule has 2 unspecified atom stereocenters. The van der Waals surface area contributed by atoms with E-state index in [0.29, 0.717) is 19.6 Å². The lowest BCUT2D eigenvalue weighted by Crippen LogP contribution is -2.35. The van der Waals surface area contributed by atoms with Crippen LogP contribution in [0.1, 0.15) is 29.2 Å². The molecule has 5 heteroatoms. The van der Waals surface area contributed by atoms with Gasteiger partial charge >= 0.3 is 0 Å². The zero-order valence-electron chi connectivity index (χ0n) is 17.7. The summed E-state index contributed by atoms with van der Waals surface area (Å²) in [6, 6.07) is 27.9. The lowest BCUT2D eigenvalue weighted by molar-refractivity contribution is 0.0318. The third-order valence-corrected chi connectivity index (χ3v) is 5.46. The zero-order valence-corrected chi connectivity index (χ0v) is 17.7. The van der Waals surface area contributed by atoms with E-state index < -0.39 is 6.10 Å². The molecule has 160 valence electrons. The molecule has 0 fully saturated rings. The minimum atomic E-state index is -0.581. The minimum Gasteiger partial charge on any atom is -0.497 e. The van der Waals surface area contributed by atoms with Gasteiger partial charge in [0.05, 0.1) is 18.9 Å². The van der Waals surface area contributed by atoms with Crippen molar-refractivity contribution >= 4 is 5.71 Å². The van der Waals surface area contributed by atoms with Crippen molar-refractivity contribution in [1.82, 2.24) is 4.90 Å². The lowest BCUT2D eigenvalue weighted by atomic mass is 10.0. The molecule has 0 saturated heterocycles. The highest BCUT2D eigenvalue weighted by Crippen LogP contribution is 2.22. The average Bonchev–Trinajstić information content (AvgIpc) is 3.29. The van der Waals surface area contributed by atoms with E-state index in [1.165, 1.54) is 0 Å². The maximum atomic E-state index is 10.8. The van der Waals surface area contributed by atoms with E-state index >= 15 is 0 Å². The Bertz CT molecular complexity index is 992. The smallest absolute Gasteiger partial charge is 0.145 e. The number of aliphatic hydroxyl groups excluding tert-OH is 1. The number of benzene rings is 3. The van der Waals surface area contributed by atoms with Crippen molar-refractivity contribution in [2.75, 3.05) is 20.2 Å². The molecule has 1 aliphatic rings. The van der Waals surface area contributed by atoms with Crippen molar-refractivity contribution in [2.24, 2.45) is 5.16 Å². The summed E-state index contributed by atoms with van der Waals surface area (Å²) in [5.41, 5.74) is 4.10. The van der Waals surface area contributed by atoms with Gasteiger partial charge in [-0.3, -0.25) is 4.90 Å². The summed E-state index contributed by atoms with van der Waals surface area (Å²) in [4.78, 5) is 7.98. The van der Waals surface area contributed by atoms with E-state index in [1.807, 2.05) is 66.7 Å². The van der Waals surface area contributed by atoms with Gasteiger partial charge in [-0.05, 0) is 28.8 Å². The Morgan fingerprint density at radius 3 is 2.52 bits per heavy atom. The molecule has 3 aromatic carbocycles. The third kappa shape index (κ3) is 5.72. The van der Waals surface area contributed by atoms with Crippen molar-refractivity contribution in [2.45, 2.75) is 25.2 Å². The van der Waals surface area contributed by atoms with Gasteiger partial charge in [0.2, 0.25) is 0 Å². The molecule has 0 bridgehead atoms. The quantitative estimate of drug-likeness (QED) is 0.561. The molecule has 0 aliphatic carbocycles. The molecule has 0 spiro atoms. The standard InChI is InChI=1S/C26H28N2O3/c1-30-23-14-8-9-20(15-23)17-28(19-26(29)22-12-6-3-7-13-22)18-24-16-25(27-31-24)21-10-4-2-5-11-21/h2-15,24,26,29H,16-19H2,1H3. The summed E-state index contributed by atoms with van der Waals surface area (Å²) in [5.74, 6) is 0.827. The van der Waals surface area contributed by atoms with Gasteiger partial charge in [0.25, 0.3) is 0 Å². The highest BCUT2D eigenvalue weighted by Gasteiger charge is 2.26. The van der Waals surface area contributed by atoms with Gasteiger partial charge < -0.3 is 14.7 Å². The van der Waals surface area contributed by atoms with Crippen LogP contribution in [0.4, 0.5) is 0 Å². The van der Waals surface area contributed by atoms with Gasteiger partial charge in [-0.2, -0.15) is 0 Å². The van der Waals surface area contributed by atoms with E-state index in [0.717, 1.165) is 34.6 Å². The number of ether oxygens (including phenoxy) is 1. The van der Waals surface area contributed by atoms with Crippen LogP contribution < -0.4 is 4.74 Å². The predicted octanol–water partition coefficient (Wildman–Crippen LogP) is 4.42. The number of hydrogen-bond acceptors (Lipinski definition) is 5. The molecule has 3 aromatic rings. The van der Waals surface area contributed by atoms with Crippen molar-refractivity contribution in [3.63, 3.8) is 0 Å². The largest absolute Gasteiger partial charge is 0.497 e. The highest BCUT2D eigenvalue weighted by atomic mass is 16.6.